The van der Waals surface area contributed by atoms with Crippen molar-refractivity contribution < 1.29 is 9.47 Å². The van der Waals surface area contributed by atoms with Crippen LogP contribution in [0.2, 0.25) is 5.02 Å². The number of halogens is 1. The molecule has 8 nitrogen and oxygen atoms in total. The molecular formula is C24H20ClN5O3. The highest BCUT2D eigenvalue weighted by molar-refractivity contribution is 6.33. The van der Waals surface area contributed by atoms with Crippen LogP contribution in [-0.4, -0.2) is 38.4 Å². The van der Waals surface area contributed by atoms with Crippen molar-refractivity contribution >= 4 is 28.3 Å². The highest BCUT2D eigenvalue weighted by Gasteiger charge is 2.20. The highest BCUT2D eigenvalue weighted by Crippen LogP contribution is 2.32. The van der Waals surface area contributed by atoms with E-state index in [-0.39, 0.29) is 5.56 Å². The lowest BCUT2D eigenvalue weighted by Crippen LogP contribution is -2.22. The van der Waals surface area contributed by atoms with E-state index >= 15 is 0 Å². The third kappa shape index (κ3) is 3.58. The summed E-state index contributed by atoms with van der Waals surface area (Å²) in [7, 11) is 3.16. The number of hydrogen-bond acceptors (Lipinski definition) is 6. The smallest absolute Gasteiger partial charge is 0.262 e. The molecule has 0 radical (unpaired) electrons. The number of pyridine rings is 1. The van der Waals surface area contributed by atoms with Gasteiger partial charge in [-0.2, -0.15) is 9.50 Å². The fraction of sp³-hybridized carbons (Fsp3) is 0.167. The summed E-state index contributed by atoms with van der Waals surface area (Å²) in [6.45, 7) is 2.12. The van der Waals surface area contributed by atoms with Crippen LogP contribution in [0.3, 0.4) is 0 Å². The molecule has 0 fully saturated rings. The van der Waals surface area contributed by atoms with Crippen molar-refractivity contribution in [1.29, 1.82) is 0 Å². The first-order valence-corrected chi connectivity index (χ1v) is 10.6. The van der Waals surface area contributed by atoms with Crippen LogP contribution < -0.4 is 15.0 Å². The van der Waals surface area contributed by atoms with Gasteiger partial charge in [-0.1, -0.05) is 35.9 Å². The van der Waals surface area contributed by atoms with E-state index in [1.165, 1.54) is 0 Å². The Morgan fingerprint density at radius 1 is 1.00 bits per heavy atom. The highest BCUT2D eigenvalue weighted by atomic mass is 35.5. The summed E-state index contributed by atoms with van der Waals surface area (Å²) in [6, 6.07) is 14.7. The van der Waals surface area contributed by atoms with Gasteiger partial charge in [0.05, 0.1) is 37.4 Å². The fourth-order valence-electron chi connectivity index (χ4n) is 3.92. The summed E-state index contributed by atoms with van der Waals surface area (Å²) in [5.74, 6) is 2.19. The molecule has 0 spiro atoms. The minimum atomic E-state index is -0.209. The van der Waals surface area contributed by atoms with Crippen LogP contribution in [0.4, 0.5) is 0 Å². The number of rotatable bonds is 5. The molecule has 2 aromatic carbocycles. The van der Waals surface area contributed by atoms with Crippen molar-refractivity contribution in [1.82, 2.24) is 24.1 Å². The van der Waals surface area contributed by atoms with Gasteiger partial charge in [0.15, 0.2) is 11.5 Å². The molecule has 0 unspecified atom stereocenters. The van der Waals surface area contributed by atoms with Gasteiger partial charge >= 0.3 is 0 Å². The normalized spacial score (nSPS) is 11.3. The Balaban J connectivity index is 1.75. The van der Waals surface area contributed by atoms with Crippen LogP contribution in [0.15, 0.2) is 59.5 Å². The van der Waals surface area contributed by atoms with Crippen LogP contribution in [0.1, 0.15) is 11.4 Å². The van der Waals surface area contributed by atoms with Gasteiger partial charge in [-0.25, -0.2) is 4.98 Å². The molecule has 33 heavy (non-hydrogen) atoms. The Morgan fingerprint density at radius 3 is 2.55 bits per heavy atom. The van der Waals surface area contributed by atoms with Crippen molar-refractivity contribution in [2.24, 2.45) is 0 Å². The van der Waals surface area contributed by atoms with E-state index in [0.717, 1.165) is 5.56 Å². The van der Waals surface area contributed by atoms with Crippen molar-refractivity contribution in [2.75, 3.05) is 14.2 Å². The van der Waals surface area contributed by atoms with Crippen LogP contribution in [0.25, 0.3) is 27.9 Å². The van der Waals surface area contributed by atoms with E-state index in [1.807, 2.05) is 42.5 Å². The van der Waals surface area contributed by atoms with Crippen LogP contribution >= 0.6 is 11.6 Å². The molecule has 0 amide bonds. The second kappa shape index (κ2) is 8.22. The van der Waals surface area contributed by atoms with E-state index < -0.39 is 0 Å². The Bertz CT molecular complexity index is 1570. The molecule has 0 bridgehead atoms. The van der Waals surface area contributed by atoms with Crippen LogP contribution in [0.5, 0.6) is 11.5 Å². The maximum absolute atomic E-state index is 13.7. The molecule has 0 saturated heterocycles. The van der Waals surface area contributed by atoms with Gasteiger partial charge in [0.1, 0.15) is 5.82 Å². The van der Waals surface area contributed by atoms with Crippen molar-refractivity contribution in [3.63, 3.8) is 0 Å². The molecule has 0 atom stereocenters. The van der Waals surface area contributed by atoms with Gasteiger partial charge in [0.2, 0.25) is 0 Å². The maximum atomic E-state index is 13.7. The molecule has 0 aliphatic carbocycles. The zero-order valence-electron chi connectivity index (χ0n) is 18.2. The fourth-order valence-corrected chi connectivity index (χ4v) is 4.15. The topological polar surface area (TPSA) is 83.5 Å². The van der Waals surface area contributed by atoms with Gasteiger partial charge in [-0.3, -0.25) is 4.79 Å². The largest absolute Gasteiger partial charge is 0.493 e. The van der Waals surface area contributed by atoms with Gasteiger partial charge in [0, 0.05) is 16.8 Å². The number of hydrogen-bond donors (Lipinski definition) is 0. The minimum absolute atomic E-state index is 0.209. The Labute approximate surface area is 194 Å². The van der Waals surface area contributed by atoms with E-state index in [0.29, 0.717) is 56.8 Å². The molecule has 0 aliphatic heterocycles. The molecule has 0 N–H and O–H groups in total. The van der Waals surface area contributed by atoms with Gasteiger partial charge in [-0.05, 0) is 36.8 Å². The van der Waals surface area contributed by atoms with Crippen molar-refractivity contribution in [3.05, 3.63) is 81.5 Å². The zero-order chi connectivity index (χ0) is 23.1. The Hall–Kier alpha value is -3.91. The lowest BCUT2D eigenvalue weighted by Gasteiger charge is -2.13. The van der Waals surface area contributed by atoms with Gasteiger partial charge in [-0.15, -0.1) is 5.10 Å². The van der Waals surface area contributed by atoms with Crippen molar-refractivity contribution in [2.45, 2.75) is 13.5 Å². The van der Waals surface area contributed by atoms with E-state index in [4.69, 9.17) is 21.1 Å². The second-order valence-corrected chi connectivity index (χ2v) is 7.92. The molecule has 166 valence electrons. The first kappa shape index (κ1) is 21.0. The van der Waals surface area contributed by atoms with E-state index in [9.17, 15) is 4.79 Å². The number of ether oxygens (including phenoxy) is 2. The number of benzene rings is 2. The molecule has 9 heteroatoms. The predicted molar refractivity (Wildman–Crippen MR) is 126 cm³/mol. The Kier molecular flexibility index (Phi) is 5.22. The van der Waals surface area contributed by atoms with Crippen LogP contribution in [0, 0.1) is 6.92 Å². The quantitative estimate of drug-likeness (QED) is 0.391. The summed E-state index contributed by atoms with van der Waals surface area (Å²) < 4.78 is 13.9. The van der Waals surface area contributed by atoms with Gasteiger partial charge < -0.3 is 14.0 Å². The zero-order valence-corrected chi connectivity index (χ0v) is 19.0. The number of fused-ring (bicyclic) bond motifs is 2. The second-order valence-electron chi connectivity index (χ2n) is 7.51. The van der Waals surface area contributed by atoms with E-state index in [1.54, 1.807) is 42.5 Å². The first-order chi connectivity index (χ1) is 16.0. The molecule has 5 rings (SSSR count). The maximum Gasteiger partial charge on any atom is 0.262 e. The third-order valence-electron chi connectivity index (χ3n) is 5.44. The number of aryl methyl sites for hydroxylation is 1. The monoisotopic (exact) mass is 461 g/mol. The van der Waals surface area contributed by atoms with Crippen LogP contribution in [-0.2, 0) is 6.54 Å². The molecule has 3 heterocycles. The predicted octanol–water partition coefficient (Wildman–Crippen LogP) is 4.13. The summed E-state index contributed by atoms with van der Waals surface area (Å²) in [4.78, 5) is 22.7. The summed E-state index contributed by atoms with van der Waals surface area (Å²) in [5, 5.41) is 5.41. The lowest BCUT2D eigenvalue weighted by atomic mass is 10.1. The minimum Gasteiger partial charge on any atom is -0.493 e. The third-order valence-corrected chi connectivity index (χ3v) is 5.77. The average molecular weight is 462 g/mol. The molecule has 0 saturated carbocycles. The number of nitrogens with zero attached hydrogens (tertiary/aromatic N) is 5. The average Bonchev–Trinajstić information content (AvgIpc) is 3.19. The number of aromatic nitrogens is 5. The standard InChI is InChI=1S/C24H20ClN5O3/c1-14-26-24-27-18-10-11-29(13-15-8-9-19(32-2)20(12-15)33-3)23(31)21(18)22(30(24)28-14)16-6-4-5-7-17(16)25/h4-12H,13H2,1-3H3. The summed E-state index contributed by atoms with van der Waals surface area (Å²) in [5.41, 5.74) is 2.45. The molecular weight excluding hydrogens is 442 g/mol. The van der Waals surface area contributed by atoms with Gasteiger partial charge in [0.25, 0.3) is 11.3 Å². The summed E-state index contributed by atoms with van der Waals surface area (Å²) >= 11 is 6.53. The Morgan fingerprint density at radius 2 is 1.79 bits per heavy atom. The van der Waals surface area contributed by atoms with E-state index in [2.05, 4.69) is 15.1 Å². The number of methoxy groups -OCH3 is 2. The SMILES string of the molecule is COc1ccc(Cn2ccc3nc4nc(C)nn4c(-c4ccccc4Cl)c3c2=O)cc1OC. The summed E-state index contributed by atoms with van der Waals surface area (Å²) in [6.07, 6.45) is 1.73. The lowest BCUT2D eigenvalue weighted by molar-refractivity contribution is 0.354. The van der Waals surface area contributed by atoms with Crippen molar-refractivity contribution in [3.8, 4) is 22.8 Å². The first-order valence-electron chi connectivity index (χ1n) is 10.2. The molecule has 3 aromatic heterocycles. The molecule has 0 aliphatic rings. The molecule has 5 aromatic rings.